The van der Waals surface area contributed by atoms with Crippen molar-refractivity contribution in [2.24, 2.45) is 0 Å². The number of anilines is 2. The highest BCUT2D eigenvalue weighted by Crippen LogP contribution is 2.30. The van der Waals surface area contributed by atoms with E-state index in [4.69, 9.17) is 0 Å². The first-order valence-corrected chi connectivity index (χ1v) is 6.87. The van der Waals surface area contributed by atoms with Crippen molar-refractivity contribution in [3.63, 3.8) is 0 Å². The van der Waals surface area contributed by atoms with E-state index in [1.54, 1.807) is 24.3 Å². The minimum absolute atomic E-state index is 0.0253. The number of nitrogens with one attached hydrogen (secondary N) is 1. The molecule has 0 radical (unpaired) electrons. The van der Waals surface area contributed by atoms with E-state index in [1.807, 2.05) is 0 Å². The van der Waals surface area contributed by atoms with Crippen molar-refractivity contribution in [3.8, 4) is 0 Å². The summed E-state index contributed by atoms with van der Waals surface area (Å²) in [6.07, 6.45) is 1.32. The van der Waals surface area contributed by atoms with E-state index in [-0.39, 0.29) is 18.0 Å². The second-order valence-electron chi connectivity index (χ2n) is 5.25. The highest BCUT2D eigenvalue weighted by molar-refractivity contribution is 6.28. The van der Waals surface area contributed by atoms with E-state index in [0.717, 1.165) is 9.80 Å². The summed E-state index contributed by atoms with van der Waals surface area (Å²) in [4.78, 5) is 51.2. The molecule has 8 nitrogen and oxygen atoms in total. The second kappa shape index (κ2) is 5.24. The van der Waals surface area contributed by atoms with Crippen LogP contribution < -0.4 is 10.2 Å². The van der Waals surface area contributed by atoms with Crippen LogP contribution in [-0.2, 0) is 14.4 Å². The normalized spacial score (nSPS) is 18.2. The third-order valence-corrected chi connectivity index (χ3v) is 3.73. The van der Waals surface area contributed by atoms with Gasteiger partial charge in [0.2, 0.25) is 5.91 Å². The molecule has 118 valence electrons. The third-order valence-electron chi connectivity index (χ3n) is 3.73. The number of rotatable bonds is 1. The highest BCUT2D eigenvalue weighted by Gasteiger charge is 2.38. The lowest BCUT2D eigenvalue weighted by Crippen LogP contribution is -2.53. The lowest BCUT2D eigenvalue weighted by molar-refractivity contribution is -0.134. The second-order valence-corrected chi connectivity index (χ2v) is 5.25. The first-order valence-electron chi connectivity index (χ1n) is 6.87. The van der Waals surface area contributed by atoms with Crippen LogP contribution in [0.25, 0.3) is 0 Å². The van der Waals surface area contributed by atoms with Crippen molar-refractivity contribution in [2.45, 2.75) is 0 Å². The Bertz CT molecular complexity index is 744. The minimum Gasteiger partial charge on any atom is -0.336 e. The van der Waals surface area contributed by atoms with Gasteiger partial charge in [-0.2, -0.15) is 0 Å². The Morgan fingerprint density at radius 1 is 1.00 bits per heavy atom. The first kappa shape index (κ1) is 14.8. The maximum absolute atomic E-state index is 12.2. The number of likely N-dealkylation sites (N-methyl/N-ethyl adjacent to an activating group) is 2. The molecule has 1 N–H and O–H groups in total. The van der Waals surface area contributed by atoms with Gasteiger partial charge < -0.3 is 10.2 Å². The Morgan fingerprint density at radius 3 is 2.26 bits per heavy atom. The zero-order valence-corrected chi connectivity index (χ0v) is 12.6. The van der Waals surface area contributed by atoms with Gasteiger partial charge in [-0.1, -0.05) is 12.1 Å². The highest BCUT2D eigenvalue weighted by atomic mass is 16.2. The van der Waals surface area contributed by atoms with Gasteiger partial charge in [-0.25, -0.2) is 4.79 Å². The van der Waals surface area contributed by atoms with Gasteiger partial charge in [-0.15, -0.1) is 0 Å². The van der Waals surface area contributed by atoms with Crippen LogP contribution in [0.2, 0.25) is 0 Å². The van der Waals surface area contributed by atoms with Crippen LogP contribution in [0.1, 0.15) is 0 Å². The van der Waals surface area contributed by atoms with Crippen molar-refractivity contribution in [3.05, 3.63) is 36.0 Å². The van der Waals surface area contributed by atoms with Gasteiger partial charge >= 0.3 is 6.03 Å². The lowest BCUT2D eigenvalue weighted by atomic mass is 10.1. The smallest absolute Gasteiger partial charge is 0.333 e. The predicted molar refractivity (Wildman–Crippen MR) is 81.4 cm³/mol. The van der Waals surface area contributed by atoms with Gasteiger partial charge in [-0.05, 0) is 12.1 Å². The quantitative estimate of drug-likeness (QED) is 0.598. The van der Waals surface area contributed by atoms with E-state index in [1.165, 1.54) is 25.2 Å². The molecule has 1 saturated heterocycles. The predicted octanol–water partition coefficient (Wildman–Crippen LogP) is 0.379. The average molecular weight is 314 g/mol. The molecule has 0 atom stereocenters. The van der Waals surface area contributed by atoms with Gasteiger partial charge in [0.25, 0.3) is 11.8 Å². The Balaban J connectivity index is 2.04. The largest absolute Gasteiger partial charge is 0.336 e. The molecule has 1 fully saturated rings. The molecule has 0 aromatic heterocycles. The molecule has 2 aliphatic rings. The maximum atomic E-state index is 12.2. The van der Waals surface area contributed by atoms with Gasteiger partial charge in [-0.3, -0.25) is 24.2 Å². The Hall–Kier alpha value is -3.16. The molecule has 23 heavy (non-hydrogen) atoms. The van der Waals surface area contributed by atoms with Gasteiger partial charge in [0.15, 0.2) is 0 Å². The van der Waals surface area contributed by atoms with Crippen molar-refractivity contribution in [1.82, 2.24) is 9.80 Å². The lowest BCUT2D eigenvalue weighted by Gasteiger charge is -2.32. The van der Waals surface area contributed by atoms with Crippen LogP contribution in [0.3, 0.4) is 0 Å². The molecule has 2 heterocycles. The molecule has 0 spiro atoms. The summed E-state index contributed by atoms with van der Waals surface area (Å²) < 4.78 is 0. The summed E-state index contributed by atoms with van der Waals surface area (Å²) >= 11 is 0. The summed E-state index contributed by atoms with van der Waals surface area (Å²) in [5.74, 6) is -1.64. The van der Waals surface area contributed by atoms with Crippen molar-refractivity contribution >= 4 is 35.1 Å². The number of hydrogen-bond donors (Lipinski definition) is 1. The number of amides is 5. The maximum Gasteiger partial charge on any atom is 0.333 e. The standard InChI is InChI=1S/C15H14N4O4/c1-17-13(21)9(14(22)18(2)15(17)23)7-19-8-12(20)16-10-5-3-4-6-11(10)19/h3-7H,8H2,1-2H3,(H,16,20). The SMILES string of the molecule is CN1C(=O)C(=CN2CC(=O)Nc3ccccc32)C(=O)N(C)C1=O. The number of imide groups is 2. The number of barbiturate groups is 1. The van der Waals surface area contributed by atoms with E-state index in [2.05, 4.69) is 5.32 Å². The molecule has 3 rings (SSSR count). The van der Waals surface area contributed by atoms with Gasteiger partial charge in [0, 0.05) is 20.3 Å². The fourth-order valence-electron chi connectivity index (χ4n) is 2.49. The zero-order valence-electron chi connectivity index (χ0n) is 12.6. The van der Waals surface area contributed by atoms with E-state index < -0.39 is 17.8 Å². The molecule has 1 aromatic rings. The Labute approximate surface area is 131 Å². The third kappa shape index (κ3) is 2.33. The molecule has 0 saturated carbocycles. The fraction of sp³-hybridized carbons (Fsp3) is 0.200. The van der Waals surface area contributed by atoms with Crippen molar-refractivity contribution < 1.29 is 19.2 Å². The van der Waals surface area contributed by atoms with Crippen molar-refractivity contribution in [2.75, 3.05) is 30.9 Å². The monoisotopic (exact) mass is 314 g/mol. The molecule has 0 bridgehead atoms. The summed E-state index contributed by atoms with van der Waals surface area (Å²) in [7, 11) is 2.61. The zero-order chi connectivity index (χ0) is 16.7. The van der Waals surface area contributed by atoms with Crippen LogP contribution in [-0.4, -0.2) is 54.2 Å². The number of urea groups is 1. The molecule has 2 aliphatic heterocycles. The fourth-order valence-corrected chi connectivity index (χ4v) is 2.49. The Kier molecular flexibility index (Phi) is 3.36. The van der Waals surface area contributed by atoms with Crippen LogP contribution in [0.5, 0.6) is 0 Å². The van der Waals surface area contributed by atoms with E-state index in [0.29, 0.717) is 11.4 Å². The number of benzene rings is 1. The summed E-state index contributed by atoms with van der Waals surface area (Å²) in [6, 6.07) is 6.36. The number of para-hydroxylation sites is 2. The molecule has 8 heteroatoms. The van der Waals surface area contributed by atoms with Crippen LogP contribution in [0.15, 0.2) is 36.0 Å². The number of carbonyl (C=O) groups excluding carboxylic acids is 4. The van der Waals surface area contributed by atoms with Gasteiger partial charge in [0.1, 0.15) is 12.1 Å². The molecular formula is C15H14N4O4. The molecule has 0 unspecified atom stereocenters. The molecule has 5 amide bonds. The molecular weight excluding hydrogens is 300 g/mol. The van der Waals surface area contributed by atoms with Crippen LogP contribution in [0.4, 0.5) is 16.2 Å². The number of hydrogen-bond acceptors (Lipinski definition) is 5. The topological polar surface area (TPSA) is 90.0 Å². The van der Waals surface area contributed by atoms with Crippen LogP contribution in [0, 0.1) is 0 Å². The average Bonchev–Trinajstić information content (AvgIpc) is 2.55. The van der Waals surface area contributed by atoms with Gasteiger partial charge in [0.05, 0.1) is 11.4 Å². The number of carbonyl (C=O) groups is 4. The van der Waals surface area contributed by atoms with E-state index in [9.17, 15) is 19.2 Å². The summed E-state index contributed by atoms with van der Waals surface area (Å²) in [5.41, 5.74) is 1.09. The Morgan fingerprint density at radius 2 is 1.61 bits per heavy atom. The molecule has 0 aliphatic carbocycles. The molecule has 1 aromatic carbocycles. The summed E-state index contributed by atoms with van der Waals surface area (Å²) in [5, 5.41) is 2.72. The summed E-state index contributed by atoms with van der Waals surface area (Å²) in [6.45, 7) is -0.0253. The van der Waals surface area contributed by atoms with Crippen molar-refractivity contribution in [1.29, 1.82) is 0 Å². The van der Waals surface area contributed by atoms with E-state index >= 15 is 0 Å². The first-order chi connectivity index (χ1) is 10.9. The number of nitrogens with zero attached hydrogens (tertiary/aromatic N) is 3. The minimum atomic E-state index is -0.693. The van der Waals surface area contributed by atoms with Crippen LogP contribution >= 0.6 is 0 Å². The number of fused-ring (bicyclic) bond motifs is 1.